The molecule has 4 aromatic rings. The van der Waals surface area contributed by atoms with Crippen molar-refractivity contribution in [1.29, 1.82) is 0 Å². The van der Waals surface area contributed by atoms with E-state index in [1.165, 1.54) is 11.4 Å². The molecule has 0 saturated carbocycles. The van der Waals surface area contributed by atoms with Gasteiger partial charge >= 0.3 is 0 Å². The Kier molecular flexibility index (Phi) is 5.42. The standard InChI is InChI=1S/C22H20N6O4/c1-12(29)17-19(13-4-8-15(31-2)9-5-13)28-21(24-22(17)30)18(20(23)27-28)26-25-14-6-10-16(32-3)11-7-14/h4-11H,1-3H3,(H2,23,27)(H,24,30). The number of aromatic nitrogens is 3. The lowest BCUT2D eigenvalue weighted by atomic mass is 10.0. The minimum absolute atomic E-state index is 0.0381. The van der Waals surface area contributed by atoms with Gasteiger partial charge in [-0.2, -0.15) is 5.11 Å². The number of fused-ring (bicyclic) bond motifs is 1. The highest BCUT2D eigenvalue weighted by molar-refractivity contribution is 6.00. The zero-order chi connectivity index (χ0) is 22.8. The van der Waals surface area contributed by atoms with Gasteiger partial charge in [0.05, 0.1) is 25.6 Å². The lowest BCUT2D eigenvalue weighted by Crippen LogP contribution is -2.21. The van der Waals surface area contributed by atoms with Crippen molar-refractivity contribution in [2.24, 2.45) is 10.2 Å². The molecule has 0 spiro atoms. The van der Waals surface area contributed by atoms with E-state index in [4.69, 9.17) is 15.2 Å². The van der Waals surface area contributed by atoms with E-state index >= 15 is 0 Å². The Labute approximate surface area is 182 Å². The molecule has 2 aromatic carbocycles. The summed E-state index contributed by atoms with van der Waals surface area (Å²) in [7, 11) is 3.12. The van der Waals surface area contributed by atoms with Gasteiger partial charge in [-0.15, -0.1) is 10.2 Å². The van der Waals surface area contributed by atoms with E-state index in [0.29, 0.717) is 28.4 Å². The van der Waals surface area contributed by atoms with Crippen LogP contribution in [0.1, 0.15) is 17.3 Å². The third-order valence-electron chi connectivity index (χ3n) is 4.85. The molecule has 0 unspecified atom stereocenters. The van der Waals surface area contributed by atoms with Gasteiger partial charge in [0.2, 0.25) is 0 Å². The fourth-order valence-electron chi connectivity index (χ4n) is 3.28. The molecule has 0 aliphatic carbocycles. The molecule has 0 bridgehead atoms. The minimum Gasteiger partial charge on any atom is -0.497 e. The van der Waals surface area contributed by atoms with Crippen molar-refractivity contribution in [1.82, 2.24) is 14.6 Å². The largest absolute Gasteiger partial charge is 0.497 e. The number of ketones is 1. The van der Waals surface area contributed by atoms with E-state index in [2.05, 4.69) is 20.3 Å². The van der Waals surface area contributed by atoms with Gasteiger partial charge < -0.3 is 20.2 Å². The predicted molar refractivity (Wildman–Crippen MR) is 119 cm³/mol. The smallest absolute Gasteiger partial charge is 0.262 e. The molecule has 32 heavy (non-hydrogen) atoms. The van der Waals surface area contributed by atoms with Gasteiger partial charge in [-0.05, 0) is 55.5 Å². The highest BCUT2D eigenvalue weighted by Crippen LogP contribution is 2.32. The van der Waals surface area contributed by atoms with Crippen LogP contribution < -0.4 is 20.8 Å². The molecule has 162 valence electrons. The first-order valence-corrected chi connectivity index (χ1v) is 9.58. The number of nitrogen functional groups attached to an aromatic ring is 1. The van der Waals surface area contributed by atoms with Crippen molar-refractivity contribution >= 4 is 28.6 Å². The molecule has 0 aliphatic heterocycles. The van der Waals surface area contributed by atoms with Crippen molar-refractivity contribution in [2.75, 3.05) is 20.0 Å². The topological polar surface area (TPSA) is 136 Å². The van der Waals surface area contributed by atoms with Crippen LogP contribution in [0, 0.1) is 0 Å². The monoisotopic (exact) mass is 432 g/mol. The second-order valence-corrected chi connectivity index (χ2v) is 6.85. The van der Waals surface area contributed by atoms with E-state index in [1.807, 2.05) is 0 Å². The average molecular weight is 432 g/mol. The first-order chi connectivity index (χ1) is 15.4. The van der Waals surface area contributed by atoms with Crippen LogP contribution in [0.3, 0.4) is 0 Å². The number of Topliss-reactive ketones (excluding diaryl/α,β-unsaturated/α-hetero) is 1. The quantitative estimate of drug-likeness (QED) is 0.350. The second-order valence-electron chi connectivity index (χ2n) is 6.85. The maximum atomic E-state index is 12.8. The number of hydrogen-bond acceptors (Lipinski definition) is 8. The zero-order valence-corrected chi connectivity index (χ0v) is 17.6. The first kappa shape index (κ1) is 20.8. The van der Waals surface area contributed by atoms with Gasteiger partial charge in [0.15, 0.2) is 22.9 Å². The van der Waals surface area contributed by atoms with Crippen LogP contribution in [0.2, 0.25) is 0 Å². The Morgan fingerprint density at radius 2 is 1.59 bits per heavy atom. The fraction of sp³-hybridized carbons (Fsp3) is 0.136. The van der Waals surface area contributed by atoms with E-state index in [0.717, 1.165) is 0 Å². The summed E-state index contributed by atoms with van der Waals surface area (Å²) in [5, 5.41) is 12.7. The maximum Gasteiger partial charge on any atom is 0.262 e. The summed E-state index contributed by atoms with van der Waals surface area (Å²) >= 11 is 0. The van der Waals surface area contributed by atoms with E-state index in [-0.39, 0.29) is 22.7 Å². The number of carbonyl (C=O) groups excluding carboxylic acids is 1. The number of nitrogens with zero attached hydrogens (tertiary/aromatic N) is 4. The minimum atomic E-state index is -0.573. The molecule has 3 N–H and O–H groups in total. The molecule has 0 saturated heterocycles. The van der Waals surface area contributed by atoms with Gasteiger partial charge in [-0.1, -0.05) is 0 Å². The van der Waals surface area contributed by atoms with Crippen LogP contribution >= 0.6 is 0 Å². The second kappa shape index (κ2) is 8.34. The number of nitrogens with one attached hydrogen (secondary N) is 1. The lowest BCUT2D eigenvalue weighted by Gasteiger charge is -2.10. The number of H-pyrrole nitrogens is 1. The molecule has 4 rings (SSSR count). The molecule has 10 nitrogen and oxygen atoms in total. The average Bonchev–Trinajstić information content (AvgIpc) is 3.11. The van der Waals surface area contributed by atoms with Gasteiger partial charge in [-0.25, -0.2) is 4.52 Å². The van der Waals surface area contributed by atoms with Crippen LogP contribution in [0.25, 0.3) is 16.9 Å². The summed E-state index contributed by atoms with van der Waals surface area (Å²) in [6.45, 7) is 1.32. The third-order valence-corrected chi connectivity index (χ3v) is 4.85. The number of hydrogen-bond donors (Lipinski definition) is 2. The molecule has 0 aliphatic rings. The number of rotatable bonds is 6. The van der Waals surface area contributed by atoms with Gasteiger partial charge in [0.25, 0.3) is 5.56 Å². The Morgan fingerprint density at radius 3 is 2.16 bits per heavy atom. The van der Waals surface area contributed by atoms with E-state index < -0.39 is 11.3 Å². The summed E-state index contributed by atoms with van der Waals surface area (Å²) in [6, 6.07) is 13.9. The Balaban J connectivity index is 1.90. The molecular weight excluding hydrogens is 412 g/mol. The number of aromatic amines is 1. The SMILES string of the molecule is COc1ccc(N=Nc2c(N)nn3c(-c4ccc(OC)cc4)c(C(C)=O)c(=O)[nH]c23)cc1. The number of carbonyl (C=O) groups is 1. The Morgan fingerprint density at radius 1 is 1.00 bits per heavy atom. The molecular formula is C22H20N6O4. The molecule has 0 radical (unpaired) electrons. The number of azo groups is 1. The molecule has 2 aromatic heterocycles. The van der Waals surface area contributed by atoms with Gasteiger partial charge in [0, 0.05) is 5.56 Å². The number of anilines is 1. The third kappa shape index (κ3) is 3.69. The van der Waals surface area contributed by atoms with E-state index in [9.17, 15) is 9.59 Å². The van der Waals surface area contributed by atoms with Crippen molar-refractivity contribution in [3.8, 4) is 22.8 Å². The van der Waals surface area contributed by atoms with E-state index in [1.54, 1.807) is 62.8 Å². The Hall–Kier alpha value is -4.47. The summed E-state index contributed by atoms with van der Waals surface area (Å²) < 4.78 is 11.7. The molecule has 2 heterocycles. The number of nitrogens with two attached hydrogens (primary N) is 1. The van der Waals surface area contributed by atoms with Crippen LogP contribution in [-0.4, -0.2) is 34.6 Å². The highest BCUT2D eigenvalue weighted by atomic mass is 16.5. The summed E-state index contributed by atoms with van der Waals surface area (Å²) in [6.07, 6.45) is 0. The predicted octanol–water partition coefficient (Wildman–Crippen LogP) is 3.91. The van der Waals surface area contributed by atoms with Crippen molar-refractivity contribution in [3.05, 3.63) is 64.4 Å². The molecule has 0 atom stereocenters. The number of ether oxygens (including phenoxy) is 2. The summed E-state index contributed by atoms with van der Waals surface area (Å²) in [5.41, 5.74) is 7.35. The molecule has 0 amide bonds. The van der Waals surface area contributed by atoms with Crippen molar-refractivity contribution in [2.45, 2.75) is 6.92 Å². The molecule has 0 fully saturated rings. The first-order valence-electron chi connectivity index (χ1n) is 9.58. The number of benzene rings is 2. The van der Waals surface area contributed by atoms with Crippen molar-refractivity contribution in [3.63, 3.8) is 0 Å². The van der Waals surface area contributed by atoms with Gasteiger partial charge in [-0.3, -0.25) is 9.59 Å². The number of methoxy groups -OCH3 is 2. The zero-order valence-electron chi connectivity index (χ0n) is 17.6. The van der Waals surface area contributed by atoms with Crippen LogP contribution in [0.15, 0.2) is 63.6 Å². The normalized spacial score (nSPS) is 11.2. The highest BCUT2D eigenvalue weighted by Gasteiger charge is 2.23. The maximum absolute atomic E-state index is 12.8. The van der Waals surface area contributed by atoms with Crippen LogP contribution in [0.4, 0.5) is 17.2 Å². The van der Waals surface area contributed by atoms with Crippen LogP contribution in [0.5, 0.6) is 11.5 Å². The van der Waals surface area contributed by atoms with Crippen LogP contribution in [-0.2, 0) is 0 Å². The Bertz CT molecular complexity index is 1390. The summed E-state index contributed by atoms with van der Waals surface area (Å²) in [5.74, 6) is 0.959. The van der Waals surface area contributed by atoms with Crippen molar-refractivity contribution < 1.29 is 14.3 Å². The molecule has 10 heteroatoms. The van der Waals surface area contributed by atoms with Gasteiger partial charge in [0.1, 0.15) is 17.1 Å². The summed E-state index contributed by atoms with van der Waals surface area (Å²) in [4.78, 5) is 27.8. The fourth-order valence-corrected chi connectivity index (χ4v) is 3.28. The lowest BCUT2D eigenvalue weighted by molar-refractivity contribution is 0.101.